The lowest BCUT2D eigenvalue weighted by Gasteiger charge is -2.10. The molecule has 72 valence electrons. The molecule has 0 aliphatic heterocycles. The maximum Gasteiger partial charge on any atom is 0.00976 e. The number of nitrogens with two attached hydrogens (primary N) is 1. The van der Waals surface area contributed by atoms with Crippen molar-refractivity contribution < 1.29 is 0 Å². The van der Waals surface area contributed by atoms with Gasteiger partial charge < -0.3 is 0 Å². The van der Waals surface area contributed by atoms with Gasteiger partial charge in [0.25, 0.3) is 0 Å². The van der Waals surface area contributed by atoms with E-state index in [1.165, 1.54) is 12.0 Å². The highest BCUT2D eigenvalue weighted by Crippen LogP contribution is 2.19. The van der Waals surface area contributed by atoms with Crippen LogP contribution in [0.15, 0.2) is 30.3 Å². The Labute approximate surface area is 80.1 Å². The van der Waals surface area contributed by atoms with Crippen molar-refractivity contribution in [2.24, 2.45) is 5.84 Å². The minimum atomic E-state index is 0.634. The number of rotatable bonds is 5. The highest BCUT2D eigenvalue weighted by Gasteiger charge is 2.02. The highest BCUT2D eigenvalue weighted by atomic mass is 15.2. The molecule has 0 aliphatic carbocycles. The predicted molar refractivity (Wildman–Crippen MR) is 56.3 cm³/mol. The maximum absolute atomic E-state index is 5.20. The second kappa shape index (κ2) is 5.73. The third-order valence-electron chi connectivity index (χ3n) is 2.33. The van der Waals surface area contributed by atoms with Gasteiger partial charge in [-0.15, -0.1) is 0 Å². The summed E-state index contributed by atoms with van der Waals surface area (Å²) in [6.07, 6.45) is 2.32. The van der Waals surface area contributed by atoms with Crippen molar-refractivity contribution in [3.8, 4) is 0 Å². The largest absolute Gasteiger partial charge is 0.271 e. The average molecular weight is 178 g/mol. The van der Waals surface area contributed by atoms with Gasteiger partial charge in [-0.3, -0.25) is 11.3 Å². The Balaban J connectivity index is 2.35. The maximum atomic E-state index is 5.20. The van der Waals surface area contributed by atoms with Crippen LogP contribution in [0, 0.1) is 0 Å². The van der Waals surface area contributed by atoms with Crippen LogP contribution in [-0.2, 0) is 0 Å². The summed E-state index contributed by atoms with van der Waals surface area (Å²) >= 11 is 0. The van der Waals surface area contributed by atoms with E-state index in [1.807, 2.05) is 0 Å². The molecule has 1 rings (SSSR count). The summed E-state index contributed by atoms with van der Waals surface area (Å²) < 4.78 is 0. The Morgan fingerprint density at radius 3 is 2.62 bits per heavy atom. The lowest BCUT2D eigenvalue weighted by molar-refractivity contribution is 0.591. The number of hydrogen-bond donors (Lipinski definition) is 2. The van der Waals surface area contributed by atoms with Crippen LogP contribution in [0.3, 0.4) is 0 Å². The fourth-order valence-corrected chi connectivity index (χ4v) is 1.46. The first-order valence-corrected chi connectivity index (χ1v) is 4.83. The molecule has 0 aromatic heterocycles. The van der Waals surface area contributed by atoms with Gasteiger partial charge in [-0.25, -0.2) is 0 Å². The monoisotopic (exact) mass is 178 g/mol. The van der Waals surface area contributed by atoms with E-state index in [0.29, 0.717) is 5.92 Å². The third-order valence-corrected chi connectivity index (χ3v) is 2.33. The van der Waals surface area contributed by atoms with Gasteiger partial charge in [-0.05, 0) is 24.3 Å². The van der Waals surface area contributed by atoms with Crippen LogP contribution < -0.4 is 11.3 Å². The van der Waals surface area contributed by atoms with E-state index in [9.17, 15) is 0 Å². The van der Waals surface area contributed by atoms with Crippen molar-refractivity contribution in [1.82, 2.24) is 5.43 Å². The van der Waals surface area contributed by atoms with Crippen molar-refractivity contribution in [2.75, 3.05) is 6.54 Å². The molecule has 0 spiro atoms. The van der Waals surface area contributed by atoms with Crippen LogP contribution in [0.5, 0.6) is 0 Å². The summed E-state index contributed by atoms with van der Waals surface area (Å²) in [5.74, 6) is 5.84. The van der Waals surface area contributed by atoms with Crippen molar-refractivity contribution >= 4 is 0 Å². The number of benzene rings is 1. The van der Waals surface area contributed by atoms with Crippen molar-refractivity contribution in [1.29, 1.82) is 0 Å². The minimum absolute atomic E-state index is 0.634. The molecule has 0 fully saturated rings. The molecule has 0 bridgehead atoms. The van der Waals surface area contributed by atoms with Gasteiger partial charge in [0.15, 0.2) is 0 Å². The van der Waals surface area contributed by atoms with Crippen molar-refractivity contribution in [3.05, 3.63) is 35.9 Å². The van der Waals surface area contributed by atoms with E-state index in [4.69, 9.17) is 5.84 Å². The summed E-state index contributed by atoms with van der Waals surface area (Å²) in [7, 11) is 0. The van der Waals surface area contributed by atoms with Crippen molar-refractivity contribution in [3.63, 3.8) is 0 Å². The van der Waals surface area contributed by atoms with Crippen LogP contribution in [0.2, 0.25) is 0 Å². The first-order valence-electron chi connectivity index (χ1n) is 4.83. The molecule has 3 N–H and O–H groups in total. The third kappa shape index (κ3) is 3.57. The lowest BCUT2D eigenvalue weighted by Crippen LogP contribution is -2.23. The van der Waals surface area contributed by atoms with E-state index >= 15 is 0 Å². The molecule has 0 heterocycles. The topological polar surface area (TPSA) is 38.0 Å². The van der Waals surface area contributed by atoms with E-state index in [2.05, 4.69) is 42.7 Å². The molecule has 0 saturated heterocycles. The van der Waals surface area contributed by atoms with Gasteiger partial charge in [-0.1, -0.05) is 37.3 Å². The second-order valence-corrected chi connectivity index (χ2v) is 3.41. The Bertz CT molecular complexity index is 221. The molecular weight excluding hydrogens is 160 g/mol. The molecule has 0 radical (unpaired) electrons. The van der Waals surface area contributed by atoms with Gasteiger partial charge >= 0.3 is 0 Å². The molecule has 13 heavy (non-hydrogen) atoms. The van der Waals surface area contributed by atoms with Gasteiger partial charge in [0.2, 0.25) is 0 Å². The predicted octanol–water partition coefficient (Wildman–Crippen LogP) is 2.03. The standard InChI is InChI=1S/C11H18N2/c1-10(6-5-9-13-12)11-7-3-2-4-8-11/h2-4,7-8,10,13H,5-6,9,12H2,1H3. The molecule has 0 saturated carbocycles. The fourth-order valence-electron chi connectivity index (χ4n) is 1.46. The van der Waals surface area contributed by atoms with E-state index in [1.54, 1.807) is 0 Å². The Morgan fingerprint density at radius 2 is 2.00 bits per heavy atom. The molecule has 1 aromatic rings. The van der Waals surface area contributed by atoms with Crippen LogP contribution in [0.1, 0.15) is 31.2 Å². The second-order valence-electron chi connectivity index (χ2n) is 3.41. The molecular formula is C11H18N2. The van der Waals surface area contributed by atoms with Crippen molar-refractivity contribution in [2.45, 2.75) is 25.7 Å². The highest BCUT2D eigenvalue weighted by molar-refractivity contribution is 5.18. The van der Waals surface area contributed by atoms with Crippen LogP contribution in [0.4, 0.5) is 0 Å². The molecule has 0 amide bonds. The fraction of sp³-hybridized carbons (Fsp3) is 0.455. The first kappa shape index (κ1) is 10.2. The van der Waals surface area contributed by atoms with Gasteiger partial charge in [-0.2, -0.15) is 0 Å². The SMILES string of the molecule is CC(CCCNN)c1ccccc1. The van der Waals surface area contributed by atoms with E-state index < -0.39 is 0 Å². The molecule has 2 nitrogen and oxygen atoms in total. The summed E-state index contributed by atoms with van der Waals surface area (Å²) in [4.78, 5) is 0. The van der Waals surface area contributed by atoms with Gasteiger partial charge in [0.1, 0.15) is 0 Å². The summed E-state index contributed by atoms with van der Waals surface area (Å²) in [5.41, 5.74) is 4.09. The van der Waals surface area contributed by atoms with Crippen LogP contribution in [-0.4, -0.2) is 6.54 Å². The Morgan fingerprint density at radius 1 is 1.31 bits per heavy atom. The van der Waals surface area contributed by atoms with Crippen LogP contribution >= 0.6 is 0 Å². The zero-order valence-electron chi connectivity index (χ0n) is 8.16. The summed E-state index contributed by atoms with van der Waals surface area (Å²) in [5, 5.41) is 0. The summed E-state index contributed by atoms with van der Waals surface area (Å²) in [6.45, 7) is 3.16. The minimum Gasteiger partial charge on any atom is -0.271 e. The molecule has 2 heteroatoms. The van der Waals surface area contributed by atoms with Gasteiger partial charge in [0, 0.05) is 6.54 Å². The van der Waals surface area contributed by atoms with E-state index in [-0.39, 0.29) is 0 Å². The Hall–Kier alpha value is -0.860. The van der Waals surface area contributed by atoms with E-state index in [0.717, 1.165) is 13.0 Å². The van der Waals surface area contributed by atoms with Gasteiger partial charge in [0.05, 0.1) is 0 Å². The molecule has 1 atom stereocenters. The number of hydrogen-bond acceptors (Lipinski definition) is 2. The quantitative estimate of drug-likeness (QED) is 0.411. The average Bonchev–Trinajstić information content (AvgIpc) is 2.19. The Kier molecular flexibility index (Phi) is 4.50. The number of hydrazine groups is 1. The zero-order valence-corrected chi connectivity index (χ0v) is 8.16. The molecule has 1 aromatic carbocycles. The first-order chi connectivity index (χ1) is 6.34. The lowest BCUT2D eigenvalue weighted by atomic mass is 9.96. The zero-order chi connectivity index (χ0) is 9.52. The smallest absolute Gasteiger partial charge is 0.00976 e. The summed E-state index contributed by atoms with van der Waals surface area (Å²) in [6, 6.07) is 10.6. The molecule has 1 unspecified atom stereocenters. The van der Waals surface area contributed by atoms with Crippen LogP contribution in [0.25, 0.3) is 0 Å². The normalized spacial score (nSPS) is 12.8. The number of nitrogens with one attached hydrogen (secondary N) is 1. The molecule has 0 aliphatic rings.